The Labute approximate surface area is 221 Å². The van der Waals surface area contributed by atoms with Crippen molar-refractivity contribution >= 4 is 17.6 Å². The largest absolute Gasteiger partial charge is 0.489 e. The molecule has 0 radical (unpaired) electrons. The minimum Gasteiger partial charge on any atom is -0.489 e. The van der Waals surface area contributed by atoms with Crippen LogP contribution in [0.2, 0.25) is 5.02 Å². The van der Waals surface area contributed by atoms with Gasteiger partial charge in [0.1, 0.15) is 23.8 Å². The first-order valence-electron chi connectivity index (χ1n) is 12.7. The lowest BCUT2D eigenvalue weighted by Gasteiger charge is -2.12. The summed E-state index contributed by atoms with van der Waals surface area (Å²) in [4.78, 5) is 11.1. The van der Waals surface area contributed by atoms with Gasteiger partial charge < -0.3 is 14.4 Å². The van der Waals surface area contributed by atoms with Crippen LogP contribution in [0.15, 0.2) is 65.2 Å². The average molecular weight is 514 g/mol. The van der Waals surface area contributed by atoms with Crippen molar-refractivity contribution in [1.82, 2.24) is 5.16 Å². The Morgan fingerprint density at radius 1 is 1.05 bits per heavy atom. The van der Waals surface area contributed by atoms with E-state index in [1.165, 1.54) is 16.7 Å². The molecule has 6 rings (SSSR count). The highest BCUT2D eigenvalue weighted by Crippen LogP contribution is 2.55. The molecule has 0 spiro atoms. The molecule has 2 saturated carbocycles. The number of carbonyl (C=O) groups is 1. The predicted molar refractivity (Wildman–Crippen MR) is 143 cm³/mol. The Balaban J connectivity index is 1.19. The Morgan fingerprint density at radius 3 is 2.51 bits per heavy atom. The van der Waals surface area contributed by atoms with Gasteiger partial charge in [-0.2, -0.15) is 0 Å². The van der Waals surface area contributed by atoms with Crippen molar-refractivity contribution in [2.75, 3.05) is 0 Å². The quantitative estimate of drug-likeness (QED) is 0.258. The maximum Gasteiger partial charge on any atom is 0.335 e. The molecule has 3 aromatic carbocycles. The van der Waals surface area contributed by atoms with Gasteiger partial charge in [-0.25, -0.2) is 4.79 Å². The lowest BCUT2D eigenvalue weighted by molar-refractivity contribution is 0.0697. The second-order valence-electron chi connectivity index (χ2n) is 10.3. The van der Waals surface area contributed by atoms with Gasteiger partial charge in [-0.05, 0) is 97.5 Å². The highest BCUT2D eigenvalue weighted by atomic mass is 35.5. The van der Waals surface area contributed by atoms with E-state index in [-0.39, 0.29) is 0 Å². The molecule has 5 nitrogen and oxygen atoms in total. The summed E-state index contributed by atoms with van der Waals surface area (Å²) in [5.41, 5.74) is 7.74. The van der Waals surface area contributed by atoms with Gasteiger partial charge in [-0.3, -0.25) is 0 Å². The van der Waals surface area contributed by atoms with Gasteiger partial charge in [0.05, 0.1) is 16.1 Å². The minimum atomic E-state index is -0.894. The second kappa shape index (κ2) is 9.38. The monoisotopic (exact) mass is 513 g/mol. The zero-order valence-corrected chi connectivity index (χ0v) is 21.6. The van der Waals surface area contributed by atoms with E-state index < -0.39 is 5.97 Å². The van der Waals surface area contributed by atoms with Crippen LogP contribution in [0.1, 0.15) is 81.0 Å². The zero-order valence-electron chi connectivity index (χ0n) is 20.8. The van der Waals surface area contributed by atoms with Crippen LogP contribution in [0.4, 0.5) is 0 Å². The van der Waals surface area contributed by atoms with Crippen molar-refractivity contribution in [3.8, 4) is 17.0 Å². The topological polar surface area (TPSA) is 72.6 Å². The number of aromatic nitrogens is 1. The molecule has 2 fully saturated rings. The summed E-state index contributed by atoms with van der Waals surface area (Å²) < 4.78 is 12.1. The van der Waals surface area contributed by atoms with Gasteiger partial charge in [0, 0.05) is 11.5 Å². The number of hydrogen-bond donors (Lipinski definition) is 1. The number of aryl methyl sites for hydroxylation is 2. The Morgan fingerprint density at radius 2 is 1.84 bits per heavy atom. The molecule has 0 bridgehead atoms. The van der Waals surface area contributed by atoms with Crippen molar-refractivity contribution < 1.29 is 19.2 Å². The number of ether oxygens (including phenoxy) is 1. The van der Waals surface area contributed by atoms with E-state index in [1.807, 2.05) is 43.3 Å². The second-order valence-corrected chi connectivity index (χ2v) is 10.7. The third-order valence-electron chi connectivity index (χ3n) is 7.63. The van der Waals surface area contributed by atoms with Crippen LogP contribution in [-0.2, 0) is 6.61 Å². The molecule has 188 valence electrons. The Bertz CT molecular complexity index is 1470. The van der Waals surface area contributed by atoms with Crippen LogP contribution < -0.4 is 4.74 Å². The minimum absolute atomic E-state index is 0.323. The normalized spacial score (nSPS) is 18.6. The Hall–Kier alpha value is -3.57. The fraction of sp³-hybridized carbons (Fsp3) is 0.290. The third-order valence-corrected chi connectivity index (χ3v) is 7.94. The van der Waals surface area contributed by atoms with Gasteiger partial charge in [0.25, 0.3) is 0 Å². The van der Waals surface area contributed by atoms with Crippen LogP contribution >= 0.6 is 11.6 Å². The van der Waals surface area contributed by atoms with Crippen molar-refractivity contribution in [3.63, 3.8) is 0 Å². The predicted octanol–water partition coefficient (Wildman–Crippen LogP) is 8.04. The molecule has 1 N–H and O–H groups in total. The SMILES string of the molecule is Cc1cc(OCc2c(-c3c(C)cccc3Cl)noc2C2CC2)ccc1C1CC1c1ccc(C(=O)O)cc1. The zero-order chi connectivity index (χ0) is 25.7. The Kier molecular flexibility index (Phi) is 6.04. The van der Waals surface area contributed by atoms with E-state index >= 15 is 0 Å². The van der Waals surface area contributed by atoms with Crippen LogP contribution in [0.3, 0.4) is 0 Å². The van der Waals surface area contributed by atoms with E-state index in [4.69, 9.17) is 26.0 Å². The van der Waals surface area contributed by atoms with Crippen LogP contribution in [0.5, 0.6) is 5.75 Å². The number of aromatic carboxylic acids is 1. The third kappa shape index (κ3) is 4.64. The lowest BCUT2D eigenvalue weighted by atomic mass is 9.99. The number of nitrogens with zero attached hydrogens (tertiary/aromatic N) is 1. The summed E-state index contributed by atoms with van der Waals surface area (Å²) in [6.45, 7) is 4.53. The number of benzene rings is 3. The molecule has 2 aliphatic rings. The number of carboxylic acid groups (broad SMARTS) is 1. The molecule has 2 aliphatic carbocycles. The lowest BCUT2D eigenvalue weighted by Crippen LogP contribution is -2.01. The summed E-state index contributed by atoms with van der Waals surface area (Å²) in [6.07, 6.45) is 3.29. The van der Waals surface area contributed by atoms with Crippen molar-refractivity contribution in [1.29, 1.82) is 0 Å². The first-order chi connectivity index (χ1) is 17.9. The number of halogens is 1. The fourth-order valence-corrected chi connectivity index (χ4v) is 5.66. The molecule has 4 aromatic rings. The van der Waals surface area contributed by atoms with E-state index in [0.29, 0.717) is 34.9 Å². The van der Waals surface area contributed by atoms with Gasteiger partial charge in [-0.15, -0.1) is 0 Å². The summed E-state index contributed by atoms with van der Waals surface area (Å²) in [7, 11) is 0. The molecule has 2 atom stereocenters. The highest BCUT2D eigenvalue weighted by molar-refractivity contribution is 6.33. The van der Waals surface area contributed by atoms with E-state index in [0.717, 1.165) is 53.2 Å². The molecular formula is C31H28ClNO4. The van der Waals surface area contributed by atoms with Gasteiger partial charge in [0.15, 0.2) is 0 Å². The van der Waals surface area contributed by atoms with Crippen molar-refractivity contribution in [3.05, 3.63) is 105 Å². The smallest absolute Gasteiger partial charge is 0.335 e. The maximum atomic E-state index is 11.1. The van der Waals surface area contributed by atoms with E-state index in [2.05, 4.69) is 24.2 Å². The van der Waals surface area contributed by atoms with Crippen molar-refractivity contribution in [2.45, 2.75) is 57.5 Å². The summed E-state index contributed by atoms with van der Waals surface area (Å²) in [6, 6.07) is 19.4. The van der Waals surface area contributed by atoms with Crippen LogP contribution in [0, 0.1) is 13.8 Å². The summed E-state index contributed by atoms with van der Waals surface area (Å²) in [5, 5.41) is 14.2. The number of carboxylic acids is 1. The molecule has 1 heterocycles. The molecule has 0 saturated heterocycles. The molecular weight excluding hydrogens is 486 g/mol. The molecule has 0 aliphatic heterocycles. The average Bonchev–Trinajstić information content (AvgIpc) is 3.81. The number of rotatable bonds is 8. The first-order valence-corrected chi connectivity index (χ1v) is 13.1. The fourth-order valence-electron chi connectivity index (χ4n) is 5.35. The number of hydrogen-bond acceptors (Lipinski definition) is 4. The van der Waals surface area contributed by atoms with Gasteiger partial charge in [0.2, 0.25) is 0 Å². The van der Waals surface area contributed by atoms with Gasteiger partial charge >= 0.3 is 5.97 Å². The van der Waals surface area contributed by atoms with E-state index in [1.54, 1.807) is 12.1 Å². The van der Waals surface area contributed by atoms with Crippen LogP contribution in [-0.4, -0.2) is 16.2 Å². The summed E-state index contributed by atoms with van der Waals surface area (Å²) >= 11 is 6.56. The molecule has 2 unspecified atom stereocenters. The first kappa shape index (κ1) is 23.8. The maximum absolute atomic E-state index is 11.1. The molecule has 37 heavy (non-hydrogen) atoms. The molecule has 1 aromatic heterocycles. The van der Waals surface area contributed by atoms with Gasteiger partial charge in [-0.1, -0.05) is 47.1 Å². The van der Waals surface area contributed by atoms with Crippen molar-refractivity contribution in [2.24, 2.45) is 0 Å². The van der Waals surface area contributed by atoms with E-state index in [9.17, 15) is 4.79 Å². The standard InChI is InChI=1S/C31H28ClNO4/c1-17-4-3-5-27(32)28(17)29-26(30(37-33-29)20-8-9-20)16-36-22-12-13-23(18(2)14-22)25-15-24(25)19-6-10-21(11-7-19)31(34)35/h3-7,10-14,20,24-25H,8-9,15-16H2,1-2H3,(H,34,35). The summed E-state index contributed by atoms with van der Waals surface area (Å²) in [5.74, 6) is 2.11. The highest BCUT2D eigenvalue weighted by Gasteiger charge is 2.40. The van der Waals surface area contributed by atoms with Crippen LogP contribution in [0.25, 0.3) is 11.3 Å². The molecule has 6 heteroatoms. The molecule has 0 amide bonds.